The van der Waals surface area contributed by atoms with Crippen LogP contribution >= 0.6 is 24.0 Å². The van der Waals surface area contributed by atoms with Crippen LogP contribution in [0.2, 0.25) is 0 Å². The first-order valence-corrected chi connectivity index (χ1v) is 10.7. The molecule has 2 aromatic rings. The fourth-order valence-electron chi connectivity index (χ4n) is 3.05. The molecule has 0 saturated carbocycles. The summed E-state index contributed by atoms with van der Waals surface area (Å²) in [7, 11) is 3.82. The van der Waals surface area contributed by atoms with Crippen LogP contribution in [-0.2, 0) is 13.1 Å². The monoisotopic (exact) mass is 558 g/mol. The predicted octanol–water partition coefficient (Wildman–Crippen LogP) is 4.08. The standard InChI is InChI=1S/C24H35FN4O2.HI/c1-6-26-24(27-14-18-7-12-22(25)20(13-18)16-29(4)5)28-15-23(30)19-8-10-21(11-9-19)31-17(2)3;/h7-13,17,23,30H,6,14-16H2,1-5H3,(H2,26,27,28);1H. The third-order valence-electron chi connectivity index (χ3n) is 4.46. The molecule has 0 bridgehead atoms. The zero-order chi connectivity index (χ0) is 22.8. The number of hydrogen-bond acceptors (Lipinski definition) is 4. The van der Waals surface area contributed by atoms with Gasteiger partial charge in [0.25, 0.3) is 0 Å². The quantitative estimate of drug-likeness (QED) is 0.233. The lowest BCUT2D eigenvalue weighted by Crippen LogP contribution is -2.39. The summed E-state index contributed by atoms with van der Waals surface area (Å²) in [6, 6.07) is 12.5. The number of nitrogens with one attached hydrogen (secondary N) is 2. The highest BCUT2D eigenvalue weighted by atomic mass is 127. The molecule has 2 rings (SSSR count). The molecule has 0 heterocycles. The number of aliphatic imine (C=N–C) groups is 1. The molecule has 6 nitrogen and oxygen atoms in total. The van der Waals surface area contributed by atoms with Crippen molar-refractivity contribution in [2.45, 2.75) is 46.1 Å². The second-order valence-electron chi connectivity index (χ2n) is 7.99. The number of nitrogens with zero attached hydrogens (tertiary/aromatic N) is 2. The summed E-state index contributed by atoms with van der Waals surface area (Å²) in [4.78, 5) is 6.50. The summed E-state index contributed by atoms with van der Waals surface area (Å²) >= 11 is 0. The number of aliphatic hydroxyl groups excluding tert-OH is 1. The molecule has 8 heteroatoms. The highest BCUT2D eigenvalue weighted by Gasteiger charge is 2.10. The van der Waals surface area contributed by atoms with Crippen LogP contribution < -0.4 is 15.4 Å². The van der Waals surface area contributed by atoms with E-state index < -0.39 is 6.10 Å². The van der Waals surface area contributed by atoms with E-state index in [0.29, 0.717) is 37.7 Å². The van der Waals surface area contributed by atoms with E-state index in [0.717, 1.165) is 16.9 Å². The lowest BCUT2D eigenvalue weighted by molar-refractivity contribution is 0.180. The minimum absolute atomic E-state index is 0. The van der Waals surface area contributed by atoms with Crippen molar-refractivity contribution in [3.8, 4) is 5.75 Å². The van der Waals surface area contributed by atoms with Gasteiger partial charge in [0.2, 0.25) is 0 Å². The van der Waals surface area contributed by atoms with Gasteiger partial charge in [-0.25, -0.2) is 9.38 Å². The van der Waals surface area contributed by atoms with Gasteiger partial charge in [-0.1, -0.05) is 18.2 Å². The van der Waals surface area contributed by atoms with Crippen molar-refractivity contribution in [2.75, 3.05) is 27.2 Å². The molecule has 1 atom stereocenters. The van der Waals surface area contributed by atoms with Crippen molar-refractivity contribution in [3.63, 3.8) is 0 Å². The van der Waals surface area contributed by atoms with Crippen LogP contribution in [0, 0.1) is 5.82 Å². The highest BCUT2D eigenvalue weighted by Crippen LogP contribution is 2.18. The average molecular weight is 558 g/mol. The van der Waals surface area contributed by atoms with Gasteiger partial charge < -0.3 is 25.4 Å². The molecule has 1 unspecified atom stereocenters. The molecule has 0 amide bonds. The normalized spacial score (nSPS) is 12.5. The Balaban J connectivity index is 0.00000512. The van der Waals surface area contributed by atoms with Crippen LogP contribution in [0.25, 0.3) is 0 Å². The Morgan fingerprint density at radius 3 is 2.41 bits per heavy atom. The maximum Gasteiger partial charge on any atom is 0.191 e. The molecule has 0 aromatic heterocycles. The van der Waals surface area contributed by atoms with Gasteiger partial charge in [0.05, 0.1) is 18.8 Å². The third kappa shape index (κ3) is 9.70. The number of benzene rings is 2. The van der Waals surface area contributed by atoms with Crippen LogP contribution in [0.3, 0.4) is 0 Å². The van der Waals surface area contributed by atoms with E-state index in [1.54, 1.807) is 6.07 Å². The average Bonchev–Trinajstić information content (AvgIpc) is 2.71. The van der Waals surface area contributed by atoms with Crippen LogP contribution in [-0.4, -0.2) is 49.3 Å². The van der Waals surface area contributed by atoms with Crippen molar-refractivity contribution in [1.82, 2.24) is 15.5 Å². The number of guanidine groups is 1. The molecule has 0 saturated heterocycles. The molecule has 0 aliphatic carbocycles. The molecule has 32 heavy (non-hydrogen) atoms. The first kappa shape index (κ1) is 28.1. The van der Waals surface area contributed by atoms with Gasteiger partial charge in [0.15, 0.2) is 5.96 Å². The molecule has 3 N–H and O–H groups in total. The summed E-state index contributed by atoms with van der Waals surface area (Å²) in [5.74, 6) is 1.17. The minimum atomic E-state index is -0.686. The first-order chi connectivity index (χ1) is 14.8. The van der Waals surface area contributed by atoms with E-state index in [4.69, 9.17) is 4.74 Å². The second-order valence-corrected chi connectivity index (χ2v) is 7.99. The van der Waals surface area contributed by atoms with Gasteiger partial charge in [-0.3, -0.25) is 0 Å². The summed E-state index contributed by atoms with van der Waals surface area (Å²) in [5.41, 5.74) is 2.37. The van der Waals surface area contributed by atoms with Gasteiger partial charge in [-0.2, -0.15) is 0 Å². The maximum atomic E-state index is 14.0. The summed E-state index contributed by atoms with van der Waals surface area (Å²) < 4.78 is 19.6. The number of aliphatic hydroxyl groups is 1. The van der Waals surface area contributed by atoms with E-state index in [-0.39, 0.29) is 35.9 Å². The molecular weight excluding hydrogens is 522 g/mol. The van der Waals surface area contributed by atoms with Crippen molar-refractivity contribution in [2.24, 2.45) is 4.99 Å². The van der Waals surface area contributed by atoms with Gasteiger partial charge in [-0.15, -0.1) is 24.0 Å². The van der Waals surface area contributed by atoms with Crippen molar-refractivity contribution in [1.29, 1.82) is 0 Å². The zero-order valence-corrected chi connectivity index (χ0v) is 21.9. The topological polar surface area (TPSA) is 69.1 Å². The minimum Gasteiger partial charge on any atom is -0.491 e. The van der Waals surface area contributed by atoms with E-state index in [2.05, 4.69) is 15.6 Å². The van der Waals surface area contributed by atoms with Gasteiger partial charge in [0, 0.05) is 25.2 Å². The summed E-state index contributed by atoms with van der Waals surface area (Å²) in [6.45, 7) is 7.88. The third-order valence-corrected chi connectivity index (χ3v) is 4.46. The Morgan fingerprint density at radius 1 is 1.12 bits per heavy atom. The Labute approximate surface area is 208 Å². The predicted molar refractivity (Wildman–Crippen MR) is 139 cm³/mol. The lowest BCUT2D eigenvalue weighted by Gasteiger charge is -2.16. The molecule has 2 aromatic carbocycles. The SMILES string of the molecule is CCNC(=NCc1ccc(F)c(CN(C)C)c1)NCC(O)c1ccc(OC(C)C)cc1.I. The molecule has 0 spiro atoms. The maximum absolute atomic E-state index is 14.0. The van der Waals surface area contributed by atoms with Crippen LogP contribution in [0.5, 0.6) is 5.75 Å². The van der Waals surface area contributed by atoms with E-state index in [9.17, 15) is 9.50 Å². The largest absolute Gasteiger partial charge is 0.491 e. The molecular formula is C24H36FIN4O2. The molecule has 0 fully saturated rings. The van der Waals surface area contributed by atoms with Crippen LogP contribution in [0.15, 0.2) is 47.5 Å². The Hall–Kier alpha value is -1.91. The number of rotatable bonds is 10. The van der Waals surface area contributed by atoms with Crippen molar-refractivity contribution < 1.29 is 14.2 Å². The Kier molecular flexibility index (Phi) is 12.6. The fraction of sp³-hybridized carbons (Fsp3) is 0.458. The zero-order valence-electron chi connectivity index (χ0n) is 19.6. The number of ether oxygens (including phenoxy) is 1. The molecule has 178 valence electrons. The van der Waals surface area contributed by atoms with Gasteiger partial charge in [-0.05, 0) is 70.3 Å². The second kappa shape index (κ2) is 14.3. The van der Waals surface area contributed by atoms with Crippen LogP contribution in [0.1, 0.15) is 43.6 Å². The Morgan fingerprint density at radius 2 is 1.81 bits per heavy atom. The molecule has 0 aliphatic rings. The molecule has 0 aliphatic heterocycles. The summed E-state index contributed by atoms with van der Waals surface area (Å²) in [6.07, 6.45) is -0.578. The lowest BCUT2D eigenvalue weighted by atomic mass is 10.1. The van der Waals surface area contributed by atoms with Gasteiger partial charge >= 0.3 is 0 Å². The smallest absolute Gasteiger partial charge is 0.191 e. The van der Waals surface area contributed by atoms with Gasteiger partial charge in [0.1, 0.15) is 11.6 Å². The van der Waals surface area contributed by atoms with E-state index >= 15 is 0 Å². The van der Waals surface area contributed by atoms with E-state index in [1.165, 1.54) is 6.07 Å². The number of halogens is 2. The summed E-state index contributed by atoms with van der Waals surface area (Å²) in [5, 5.41) is 16.9. The fourth-order valence-corrected chi connectivity index (χ4v) is 3.05. The highest BCUT2D eigenvalue weighted by molar-refractivity contribution is 14.0. The first-order valence-electron chi connectivity index (χ1n) is 10.7. The van der Waals surface area contributed by atoms with Crippen molar-refractivity contribution in [3.05, 3.63) is 65.0 Å². The van der Waals surface area contributed by atoms with Crippen molar-refractivity contribution >= 4 is 29.9 Å². The molecule has 0 radical (unpaired) electrons. The number of hydrogen-bond donors (Lipinski definition) is 3. The van der Waals surface area contributed by atoms with Crippen LogP contribution in [0.4, 0.5) is 4.39 Å². The van der Waals surface area contributed by atoms with E-state index in [1.807, 2.05) is 70.1 Å². The Bertz CT molecular complexity index is 844.